The molecule has 0 amide bonds. The minimum Gasteiger partial charge on any atom is -0.481 e. The van der Waals surface area contributed by atoms with Crippen molar-refractivity contribution >= 4 is 5.97 Å². The fourth-order valence-corrected chi connectivity index (χ4v) is 1.27. The van der Waals surface area contributed by atoms with Crippen LogP contribution < -0.4 is 9.47 Å². The Morgan fingerprint density at radius 3 is 2.42 bits per heavy atom. The van der Waals surface area contributed by atoms with E-state index in [1.54, 1.807) is 0 Å². The molecule has 1 aromatic rings. The van der Waals surface area contributed by atoms with Crippen LogP contribution in [0.4, 0.5) is 17.6 Å². The van der Waals surface area contributed by atoms with Gasteiger partial charge in [0.1, 0.15) is 12.2 Å². The first kappa shape index (κ1) is 15.0. The van der Waals surface area contributed by atoms with Gasteiger partial charge >= 0.3 is 12.3 Å². The molecule has 1 rings (SSSR count). The van der Waals surface area contributed by atoms with Crippen molar-refractivity contribution in [3.63, 3.8) is 0 Å². The molecule has 0 N–H and O–H groups in total. The highest BCUT2D eigenvalue weighted by Gasteiger charge is 2.35. The summed E-state index contributed by atoms with van der Waals surface area (Å²) in [6, 6.07) is 0.721. The lowest BCUT2D eigenvalue weighted by molar-refractivity contribution is -0.274. The fourth-order valence-electron chi connectivity index (χ4n) is 1.27. The van der Waals surface area contributed by atoms with Gasteiger partial charge in [0, 0.05) is 6.07 Å². The van der Waals surface area contributed by atoms with E-state index in [2.05, 4.69) is 19.2 Å². The van der Waals surface area contributed by atoms with Gasteiger partial charge in [-0.3, -0.25) is 0 Å². The lowest BCUT2D eigenvalue weighted by Gasteiger charge is -2.14. The molecule has 0 saturated heterocycles. The van der Waals surface area contributed by atoms with Crippen LogP contribution in [-0.2, 0) is 11.4 Å². The number of hydrogen-bond acceptors (Lipinski definition) is 5. The topological polar surface area (TPSA) is 57.7 Å². The Hall–Kier alpha value is -2.06. The van der Waals surface area contributed by atoms with E-state index in [-0.39, 0.29) is 5.88 Å². The number of ether oxygens (including phenoxy) is 3. The summed E-state index contributed by atoms with van der Waals surface area (Å²) < 4.78 is 62.0. The summed E-state index contributed by atoms with van der Waals surface area (Å²) in [7, 11) is 2.06. The van der Waals surface area contributed by atoms with Crippen LogP contribution in [0.5, 0.6) is 11.6 Å². The van der Waals surface area contributed by atoms with E-state index in [9.17, 15) is 22.4 Å². The average molecular weight is 283 g/mol. The predicted molar refractivity (Wildman–Crippen MR) is 53.6 cm³/mol. The number of nitrogens with zero attached hydrogens (tertiary/aromatic N) is 1. The molecule has 9 heteroatoms. The second-order valence-electron chi connectivity index (χ2n) is 3.16. The number of alkyl halides is 4. The van der Waals surface area contributed by atoms with Crippen LogP contribution in [0, 0.1) is 0 Å². The number of carbonyl (C=O) groups is 1. The number of hydrogen-bond donors (Lipinski definition) is 0. The maximum Gasteiger partial charge on any atom is 0.573 e. The third-order valence-corrected chi connectivity index (χ3v) is 1.99. The molecule has 0 unspecified atom stereocenters. The Morgan fingerprint density at radius 1 is 1.37 bits per heavy atom. The van der Waals surface area contributed by atoms with Gasteiger partial charge in [0.25, 0.3) is 0 Å². The molecule has 0 saturated carbocycles. The number of rotatable bonds is 4. The zero-order chi connectivity index (χ0) is 14.6. The molecular formula is C10H9F4NO4. The standard InChI is InChI=1S/C10H9F4NO4/c1-17-7-3-6(19-10(12,13)14)8(9(16)18-2)5(4-11)15-7/h3H,4H2,1-2H3. The number of aromatic nitrogens is 1. The molecule has 0 aliphatic carbocycles. The van der Waals surface area contributed by atoms with Gasteiger partial charge in [0.05, 0.1) is 19.9 Å². The molecule has 0 aliphatic heterocycles. The van der Waals surface area contributed by atoms with Gasteiger partial charge in [-0.25, -0.2) is 14.2 Å². The maximum absolute atomic E-state index is 12.7. The lowest BCUT2D eigenvalue weighted by Crippen LogP contribution is -2.20. The van der Waals surface area contributed by atoms with Crippen molar-refractivity contribution < 1.29 is 36.6 Å². The molecule has 19 heavy (non-hydrogen) atoms. The summed E-state index contributed by atoms with van der Waals surface area (Å²) in [5, 5.41) is 0. The highest BCUT2D eigenvalue weighted by Crippen LogP contribution is 2.32. The Balaban J connectivity index is 3.41. The molecule has 0 aromatic carbocycles. The van der Waals surface area contributed by atoms with E-state index in [0.29, 0.717) is 0 Å². The summed E-state index contributed by atoms with van der Waals surface area (Å²) in [4.78, 5) is 14.9. The van der Waals surface area contributed by atoms with Gasteiger partial charge in [0.2, 0.25) is 5.88 Å². The van der Waals surface area contributed by atoms with Crippen LogP contribution in [0.2, 0.25) is 0 Å². The molecule has 1 aromatic heterocycles. The monoisotopic (exact) mass is 283 g/mol. The number of carbonyl (C=O) groups excluding carboxylic acids is 1. The minimum atomic E-state index is -5.05. The molecule has 0 bridgehead atoms. The lowest BCUT2D eigenvalue weighted by atomic mass is 10.2. The molecule has 106 valence electrons. The molecule has 5 nitrogen and oxygen atoms in total. The number of methoxy groups -OCH3 is 2. The summed E-state index contributed by atoms with van der Waals surface area (Å²) in [6.07, 6.45) is -5.05. The molecule has 0 spiro atoms. The zero-order valence-electron chi connectivity index (χ0n) is 9.88. The Kier molecular flexibility index (Phi) is 4.52. The van der Waals surface area contributed by atoms with Crippen LogP contribution in [0.3, 0.4) is 0 Å². The van der Waals surface area contributed by atoms with Crippen molar-refractivity contribution in [2.24, 2.45) is 0 Å². The van der Waals surface area contributed by atoms with E-state index >= 15 is 0 Å². The Morgan fingerprint density at radius 2 is 2.00 bits per heavy atom. The van der Waals surface area contributed by atoms with Crippen molar-refractivity contribution in [2.75, 3.05) is 14.2 Å². The summed E-state index contributed by atoms with van der Waals surface area (Å²) in [5.41, 5.74) is -1.30. The first-order valence-electron chi connectivity index (χ1n) is 4.80. The average Bonchev–Trinajstić information content (AvgIpc) is 2.34. The fraction of sp³-hybridized carbons (Fsp3) is 0.400. The van der Waals surface area contributed by atoms with Gasteiger partial charge in [-0.2, -0.15) is 0 Å². The highest BCUT2D eigenvalue weighted by atomic mass is 19.4. The molecule has 0 aliphatic rings. The van der Waals surface area contributed by atoms with Gasteiger partial charge < -0.3 is 14.2 Å². The first-order chi connectivity index (χ1) is 8.82. The normalized spacial score (nSPS) is 11.1. The van der Waals surface area contributed by atoms with Crippen LogP contribution in [0.15, 0.2) is 6.07 Å². The van der Waals surface area contributed by atoms with Gasteiger partial charge in [-0.15, -0.1) is 13.2 Å². The van der Waals surface area contributed by atoms with Crippen molar-refractivity contribution in [2.45, 2.75) is 13.0 Å². The van der Waals surface area contributed by atoms with Crippen LogP contribution in [0.25, 0.3) is 0 Å². The Labute approximate surface area is 105 Å². The molecule has 0 atom stereocenters. The summed E-state index contributed by atoms with van der Waals surface area (Å²) in [6.45, 7) is -1.28. The highest BCUT2D eigenvalue weighted by molar-refractivity contribution is 5.93. The molecular weight excluding hydrogens is 274 g/mol. The van der Waals surface area contributed by atoms with E-state index in [1.165, 1.54) is 0 Å². The number of halogens is 4. The second kappa shape index (κ2) is 5.72. The van der Waals surface area contributed by atoms with Gasteiger partial charge in [-0.1, -0.05) is 0 Å². The maximum atomic E-state index is 12.7. The van der Waals surface area contributed by atoms with E-state index in [4.69, 9.17) is 0 Å². The van der Waals surface area contributed by atoms with E-state index in [1.807, 2.05) is 0 Å². The van der Waals surface area contributed by atoms with Crippen molar-refractivity contribution in [3.05, 3.63) is 17.3 Å². The van der Waals surface area contributed by atoms with Crippen molar-refractivity contribution in [1.29, 1.82) is 0 Å². The van der Waals surface area contributed by atoms with Gasteiger partial charge in [-0.05, 0) is 0 Å². The number of esters is 1. The van der Waals surface area contributed by atoms with Crippen molar-refractivity contribution in [3.8, 4) is 11.6 Å². The van der Waals surface area contributed by atoms with Gasteiger partial charge in [0.15, 0.2) is 5.75 Å². The smallest absolute Gasteiger partial charge is 0.481 e. The second-order valence-corrected chi connectivity index (χ2v) is 3.16. The summed E-state index contributed by atoms with van der Waals surface area (Å²) >= 11 is 0. The molecule has 1 heterocycles. The van der Waals surface area contributed by atoms with Crippen LogP contribution in [-0.4, -0.2) is 31.5 Å². The SMILES string of the molecule is COC(=O)c1c(OC(F)(F)F)cc(OC)nc1CF. The van der Waals surface area contributed by atoms with E-state index < -0.39 is 36.0 Å². The quantitative estimate of drug-likeness (QED) is 0.626. The summed E-state index contributed by atoms with van der Waals surface area (Å²) in [5.74, 6) is -2.44. The van der Waals surface area contributed by atoms with E-state index in [0.717, 1.165) is 20.3 Å². The minimum absolute atomic E-state index is 0.320. The molecule has 0 fully saturated rings. The molecule has 0 radical (unpaired) electrons. The predicted octanol–water partition coefficient (Wildman–Crippen LogP) is 2.24. The third kappa shape index (κ3) is 3.70. The largest absolute Gasteiger partial charge is 0.573 e. The van der Waals surface area contributed by atoms with Crippen molar-refractivity contribution in [1.82, 2.24) is 4.98 Å². The van der Waals surface area contributed by atoms with Crippen LogP contribution >= 0.6 is 0 Å². The third-order valence-electron chi connectivity index (χ3n) is 1.99. The zero-order valence-corrected chi connectivity index (χ0v) is 9.88. The van der Waals surface area contributed by atoms with Crippen LogP contribution in [0.1, 0.15) is 16.1 Å². The first-order valence-corrected chi connectivity index (χ1v) is 4.80. The number of pyridine rings is 1. The Bertz CT molecular complexity index is 475.